The van der Waals surface area contributed by atoms with Gasteiger partial charge in [0.25, 0.3) is 10.0 Å². The van der Waals surface area contributed by atoms with Crippen LogP contribution in [-0.2, 0) is 17.1 Å². The van der Waals surface area contributed by atoms with Crippen molar-refractivity contribution in [2.45, 2.75) is 18.1 Å². The first-order chi connectivity index (χ1) is 9.34. The van der Waals surface area contributed by atoms with Crippen LogP contribution in [0.1, 0.15) is 18.5 Å². The van der Waals surface area contributed by atoms with Crippen LogP contribution in [0.15, 0.2) is 29.4 Å². The number of halogens is 1. The Hall–Kier alpha value is -1.51. The minimum Gasteiger partial charge on any atom is -0.203 e. The molecule has 7 nitrogen and oxygen atoms in total. The molecule has 1 atom stereocenters. The van der Waals surface area contributed by atoms with Gasteiger partial charge in [0.2, 0.25) is 0 Å². The molecule has 0 spiro atoms. The molecule has 1 heterocycles. The number of nitrogens with zero attached hydrogens (tertiary/aromatic N) is 5. The Morgan fingerprint density at radius 2 is 2.00 bits per heavy atom. The molecule has 0 aliphatic rings. The number of aromatic nitrogens is 4. The van der Waals surface area contributed by atoms with E-state index >= 15 is 0 Å². The van der Waals surface area contributed by atoms with Crippen LogP contribution >= 0.6 is 11.6 Å². The van der Waals surface area contributed by atoms with Gasteiger partial charge in [-0.1, -0.05) is 34.9 Å². The second kappa shape index (κ2) is 5.47. The number of hydrogen-bond acceptors (Lipinski definition) is 5. The average Bonchev–Trinajstić information content (AvgIpc) is 2.85. The van der Waals surface area contributed by atoms with Crippen LogP contribution in [-0.4, -0.2) is 40.0 Å². The van der Waals surface area contributed by atoms with Gasteiger partial charge in [-0.25, -0.2) is 8.42 Å². The maximum atomic E-state index is 12.4. The van der Waals surface area contributed by atoms with Crippen molar-refractivity contribution in [1.29, 1.82) is 0 Å². The Balaban J connectivity index is 2.36. The van der Waals surface area contributed by atoms with E-state index in [9.17, 15) is 8.42 Å². The van der Waals surface area contributed by atoms with Crippen LogP contribution in [0.25, 0.3) is 0 Å². The molecule has 20 heavy (non-hydrogen) atoms. The largest absolute Gasteiger partial charge is 0.303 e. The standard InChI is InChI=1S/C11H14ClN5O2S/c1-8(9-6-4-5-7-10(9)12)16(2)20(18,19)11-13-15-17(3)14-11/h4-8H,1-3H3. The molecule has 0 saturated heterocycles. The first kappa shape index (κ1) is 14.9. The van der Waals surface area contributed by atoms with E-state index in [-0.39, 0.29) is 5.16 Å². The highest BCUT2D eigenvalue weighted by molar-refractivity contribution is 7.88. The fourth-order valence-corrected chi connectivity index (χ4v) is 3.16. The molecule has 9 heteroatoms. The number of benzene rings is 1. The van der Waals surface area contributed by atoms with Crippen LogP contribution in [0.3, 0.4) is 0 Å². The number of hydrogen-bond donors (Lipinski definition) is 0. The Labute approximate surface area is 122 Å². The summed E-state index contributed by atoms with van der Waals surface area (Å²) >= 11 is 6.09. The third kappa shape index (κ3) is 2.67. The van der Waals surface area contributed by atoms with Crippen molar-refractivity contribution in [1.82, 2.24) is 24.5 Å². The third-order valence-electron chi connectivity index (χ3n) is 3.00. The highest BCUT2D eigenvalue weighted by Crippen LogP contribution is 2.29. The van der Waals surface area contributed by atoms with Gasteiger partial charge in [-0.2, -0.15) is 9.10 Å². The number of aryl methyl sites for hydroxylation is 1. The van der Waals surface area contributed by atoms with E-state index in [4.69, 9.17) is 11.6 Å². The average molecular weight is 316 g/mol. The van der Waals surface area contributed by atoms with Crippen LogP contribution in [0, 0.1) is 0 Å². The smallest absolute Gasteiger partial charge is 0.203 e. The maximum Gasteiger partial charge on any atom is 0.303 e. The highest BCUT2D eigenvalue weighted by Gasteiger charge is 2.31. The molecule has 0 saturated carbocycles. The third-order valence-corrected chi connectivity index (χ3v) is 5.04. The Kier molecular flexibility index (Phi) is 4.07. The minimum absolute atomic E-state index is 0.332. The van der Waals surface area contributed by atoms with Gasteiger partial charge in [-0.3, -0.25) is 0 Å². The fraction of sp³-hybridized carbons (Fsp3) is 0.364. The highest BCUT2D eigenvalue weighted by atomic mass is 35.5. The monoisotopic (exact) mass is 315 g/mol. The summed E-state index contributed by atoms with van der Waals surface area (Å²) in [5.41, 5.74) is 0.712. The summed E-state index contributed by atoms with van der Waals surface area (Å²) in [6.45, 7) is 1.75. The van der Waals surface area contributed by atoms with Crippen LogP contribution < -0.4 is 0 Å². The Morgan fingerprint density at radius 1 is 1.35 bits per heavy atom. The van der Waals surface area contributed by atoms with Gasteiger partial charge in [-0.15, -0.1) is 5.10 Å². The van der Waals surface area contributed by atoms with Gasteiger partial charge in [0.1, 0.15) is 0 Å². The minimum atomic E-state index is -3.81. The molecule has 1 aromatic heterocycles. The molecule has 0 bridgehead atoms. The van der Waals surface area contributed by atoms with Crippen molar-refractivity contribution in [3.8, 4) is 0 Å². The zero-order chi connectivity index (χ0) is 14.9. The second-order valence-corrected chi connectivity index (χ2v) is 6.58. The second-order valence-electron chi connectivity index (χ2n) is 4.28. The summed E-state index contributed by atoms with van der Waals surface area (Å²) in [6, 6.07) is 6.64. The van der Waals surface area contributed by atoms with E-state index < -0.39 is 16.1 Å². The maximum absolute atomic E-state index is 12.4. The molecule has 2 aromatic rings. The lowest BCUT2D eigenvalue weighted by molar-refractivity contribution is 0.394. The summed E-state index contributed by atoms with van der Waals surface area (Å²) in [7, 11) is -0.852. The molecule has 0 N–H and O–H groups in total. The number of sulfonamides is 1. The molecule has 0 radical (unpaired) electrons. The Bertz CT molecular complexity index is 715. The van der Waals surface area contributed by atoms with Gasteiger partial charge in [0.15, 0.2) is 0 Å². The first-order valence-electron chi connectivity index (χ1n) is 5.80. The van der Waals surface area contributed by atoms with Crippen molar-refractivity contribution < 1.29 is 8.42 Å². The van der Waals surface area contributed by atoms with Crippen molar-refractivity contribution in [2.24, 2.45) is 7.05 Å². The van der Waals surface area contributed by atoms with E-state index in [0.717, 1.165) is 4.80 Å². The van der Waals surface area contributed by atoms with Crippen LogP contribution in [0.2, 0.25) is 5.02 Å². The van der Waals surface area contributed by atoms with Gasteiger partial charge in [0, 0.05) is 18.1 Å². The summed E-state index contributed by atoms with van der Waals surface area (Å²) in [6.07, 6.45) is 0. The van der Waals surface area contributed by atoms with E-state index in [2.05, 4.69) is 15.4 Å². The summed E-state index contributed by atoms with van der Waals surface area (Å²) in [5.74, 6) is 0. The van der Waals surface area contributed by atoms with Crippen molar-refractivity contribution in [2.75, 3.05) is 7.05 Å². The van der Waals surface area contributed by atoms with E-state index in [1.165, 1.54) is 18.4 Å². The lowest BCUT2D eigenvalue weighted by atomic mass is 10.1. The van der Waals surface area contributed by atoms with Gasteiger partial charge in [0.05, 0.1) is 7.05 Å². The predicted octanol–water partition coefficient (Wildman–Crippen LogP) is 1.25. The fourth-order valence-electron chi connectivity index (χ4n) is 1.72. The SMILES string of the molecule is CC(c1ccccc1Cl)N(C)S(=O)(=O)c1nnn(C)n1. The summed E-state index contributed by atoms with van der Waals surface area (Å²) in [4.78, 5) is 1.10. The first-order valence-corrected chi connectivity index (χ1v) is 7.62. The molecule has 1 unspecified atom stereocenters. The topological polar surface area (TPSA) is 81.0 Å². The van der Waals surface area contributed by atoms with Crippen molar-refractivity contribution in [3.05, 3.63) is 34.9 Å². The molecule has 0 amide bonds. The van der Waals surface area contributed by atoms with Crippen LogP contribution in [0.4, 0.5) is 0 Å². The lowest BCUT2D eigenvalue weighted by Crippen LogP contribution is -2.30. The summed E-state index contributed by atoms with van der Waals surface area (Å²) in [5, 5.41) is 11.0. The molecule has 0 fully saturated rings. The van der Waals surface area contributed by atoms with E-state index in [0.29, 0.717) is 10.6 Å². The van der Waals surface area contributed by atoms with Crippen molar-refractivity contribution in [3.63, 3.8) is 0 Å². The zero-order valence-corrected chi connectivity index (χ0v) is 12.8. The van der Waals surface area contributed by atoms with Gasteiger partial charge >= 0.3 is 5.16 Å². The van der Waals surface area contributed by atoms with E-state index in [1.807, 2.05) is 0 Å². The zero-order valence-electron chi connectivity index (χ0n) is 11.2. The molecular weight excluding hydrogens is 302 g/mol. The molecule has 2 rings (SSSR count). The predicted molar refractivity (Wildman–Crippen MR) is 73.6 cm³/mol. The molecule has 0 aliphatic heterocycles. The Morgan fingerprint density at radius 3 is 2.55 bits per heavy atom. The summed E-state index contributed by atoms with van der Waals surface area (Å²) < 4.78 is 25.9. The quantitative estimate of drug-likeness (QED) is 0.848. The van der Waals surface area contributed by atoms with E-state index in [1.54, 1.807) is 31.2 Å². The molecule has 1 aromatic carbocycles. The van der Waals surface area contributed by atoms with Crippen molar-refractivity contribution >= 4 is 21.6 Å². The number of tetrazole rings is 1. The van der Waals surface area contributed by atoms with Crippen LogP contribution in [0.5, 0.6) is 0 Å². The van der Waals surface area contributed by atoms with Gasteiger partial charge < -0.3 is 0 Å². The molecule has 0 aliphatic carbocycles. The molecular formula is C11H14ClN5O2S. The normalized spacial score (nSPS) is 13.7. The molecule has 108 valence electrons. The van der Waals surface area contributed by atoms with Gasteiger partial charge in [-0.05, 0) is 23.8 Å². The number of rotatable bonds is 4. The lowest BCUT2D eigenvalue weighted by Gasteiger charge is -2.23.